The molecule has 1 heterocycles. The quantitative estimate of drug-likeness (QED) is 0.136. The second kappa shape index (κ2) is 37.5. The van der Waals surface area contributed by atoms with Crippen LogP contribution in [0.25, 0.3) is 0 Å². The predicted octanol–water partition coefficient (Wildman–Crippen LogP) is 16.1. The summed E-state index contributed by atoms with van der Waals surface area (Å²) in [6, 6.07) is 1.36. The molecule has 4 heteroatoms. The average molecular weight is 777 g/mol. The largest absolute Gasteiger partial charge is 0.399 e. The van der Waals surface area contributed by atoms with Crippen LogP contribution in [0.1, 0.15) is 210 Å². The predicted molar refractivity (Wildman–Crippen MR) is 260 cm³/mol. The highest BCUT2D eigenvalue weighted by Crippen LogP contribution is 2.32. The van der Waals surface area contributed by atoms with E-state index < -0.39 is 0 Å². The van der Waals surface area contributed by atoms with E-state index in [1.807, 2.05) is 60.7 Å². The minimum Gasteiger partial charge on any atom is -0.399 e. The van der Waals surface area contributed by atoms with Crippen molar-refractivity contribution >= 4 is 0 Å². The van der Waals surface area contributed by atoms with E-state index in [2.05, 4.69) is 152 Å². The maximum absolute atomic E-state index is 5.14. The second-order valence-corrected chi connectivity index (χ2v) is 18.4. The van der Waals surface area contributed by atoms with Crippen LogP contribution in [0.4, 0.5) is 0 Å². The third kappa shape index (κ3) is 39.9. The maximum Gasteiger partial charge on any atom is 0.0916 e. The molecule has 0 radical (unpaired) electrons. The van der Waals surface area contributed by atoms with Gasteiger partial charge in [0.25, 0.3) is 0 Å². The lowest BCUT2D eigenvalue weighted by atomic mass is 9.79. The zero-order chi connectivity index (χ0) is 45.2. The molecular formula is C51H108N4. The Bertz CT molecular complexity index is 892. The normalized spacial score (nSPS) is 16.9. The van der Waals surface area contributed by atoms with Gasteiger partial charge in [0.05, 0.1) is 5.82 Å². The Labute approximate surface area is 351 Å². The van der Waals surface area contributed by atoms with Crippen LogP contribution in [0, 0.1) is 34.0 Å². The summed E-state index contributed by atoms with van der Waals surface area (Å²) in [5, 5.41) is 7.14. The smallest absolute Gasteiger partial charge is 0.0916 e. The Hall–Kier alpha value is -2.10. The fraction of sp³-hybridized carbons (Fsp3) is 0.804. The van der Waals surface area contributed by atoms with Crippen LogP contribution in [0.15, 0.2) is 62.3 Å². The summed E-state index contributed by atoms with van der Waals surface area (Å²) >= 11 is 0. The summed E-state index contributed by atoms with van der Waals surface area (Å²) in [5.41, 5.74) is 7.37. The van der Waals surface area contributed by atoms with Gasteiger partial charge in [-0.25, -0.2) is 0 Å². The van der Waals surface area contributed by atoms with Crippen molar-refractivity contribution in [3.8, 4) is 0 Å². The zero-order valence-corrected chi connectivity index (χ0v) is 42.2. The van der Waals surface area contributed by atoms with Crippen molar-refractivity contribution in [2.24, 2.45) is 39.7 Å². The molecule has 0 aromatic heterocycles. The van der Waals surface area contributed by atoms with Gasteiger partial charge in [0, 0.05) is 30.4 Å². The van der Waals surface area contributed by atoms with E-state index in [9.17, 15) is 0 Å². The van der Waals surface area contributed by atoms with Crippen LogP contribution in [0.3, 0.4) is 0 Å². The molecule has 0 aromatic rings. The van der Waals surface area contributed by atoms with E-state index in [1.54, 1.807) is 0 Å². The monoisotopic (exact) mass is 777 g/mol. The van der Waals surface area contributed by atoms with E-state index in [4.69, 9.17) is 5.73 Å². The number of nitrogens with one attached hydrogen (secondary N) is 2. The molecule has 3 unspecified atom stereocenters. The highest BCUT2D eigenvalue weighted by Gasteiger charge is 2.29. The molecule has 4 nitrogen and oxygen atoms in total. The number of likely N-dealkylation sites (tertiary alicyclic amines) is 1. The van der Waals surface area contributed by atoms with Crippen LogP contribution < -0.4 is 16.4 Å². The van der Waals surface area contributed by atoms with Crippen molar-refractivity contribution in [3.05, 3.63) is 62.3 Å². The molecule has 55 heavy (non-hydrogen) atoms. The third-order valence-electron chi connectivity index (χ3n) is 9.47. The van der Waals surface area contributed by atoms with Crippen LogP contribution in [-0.2, 0) is 0 Å². The first kappa shape index (κ1) is 64.8. The Morgan fingerprint density at radius 3 is 1.45 bits per heavy atom. The lowest BCUT2D eigenvalue weighted by molar-refractivity contribution is 0.224. The van der Waals surface area contributed by atoms with E-state index >= 15 is 0 Å². The lowest BCUT2D eigenvalue weighted by Crippen LogP contribution is -2.47. The summed E-state index contributed by atoms with van der Waals surface area (Å²) < 4.78 is 0. The minimum atomic E-state index is 0.223. The molecule has 0 amide bonds. The van der Waals surface area contributed by atoms with Crippen LogP contribution >= 0.6 is 0 Å². The van der Waals surface area contributed by atoms with E-state index in [-0.39, 0.29) is 10.8 Å². The van der Waals surface area contributed by atoms with Crippen LogP contribution in [0.2, 0.25) is 0 Å². The summed E-state index contributed by atoms with van der Waals surface area (Å²) in [6.07, 6.45) is 16.1. The van der Waals surface area contributed by atoms with Gasteiger partial charge >= 0.3 is 0 Å². The Morgan fingerprint density at radius 2 is 1.22 bits per heavy atom. The molecule has 1 aliphatic carbocycles. The van der Waals surface area contributed by atoms with Gasteiger partial charge in [0.15, 0.2) is 0 Å². The van der Waals surface area contributed by atoms with E-state index in [0.717, 1.165) is 42.1 Å². The molecule has 2 rings (SSSR count). The highest BCUT2D eigenvalue weighted by molar-refractivity contribution is 5.18. The molecule has 1 aliphatic heterocycles. The van der Waals surface area contributed by atoms with Crippen molar-refractivity contribution in [2.45, 2.75) is 228 Å². The SMILES string of the molecule is C=C(C)C(=C)N.C=C(NC(C)C(C)(C)C)NC(CCC(C)(C)C)C(C)(C)C.C=CC1[C@@H](CC)CCN1C=C.CC.CC.CC.CC(C)CC1CCC1.CCC. The number of nitrogens with zero attached hydrogens (tertiary/aromatic N) is 1. The first-order valence-corrected chi connectivity index (χ1v) is 22.6. The van der Waals surface area contributed by atoms with Crippen LogP contribution in [-0.4, -0.2) is 29.6 Å². The first-order chi connectivity index (χ1) is 25.3. The molecule has 2 aliphatic rings. The van der Waals surface area contributed by atoms with Gasteiger partial charge in [-0.15, -0.1) is 6.58 Å². The summed E-state index contributed by atoms with van der Waals surface area (Å²) in [5.74, 6) is 3.78. The van der Waals surface area contributed by atoms with Crippen molar-refractivity contribution in [1.29, 1.82) is 0 Å². The molecule has 332 valence electrons. The lowest BCUT2D eigenvalue weighted by Gasteiger charge is -2.37. The highest BCUT2D eigenvalue weighted by atomic mass is 15.2. The van der Waals surface area contributed by atoms with Gasteiger partial charge < -0.3 is 21.3 Å². The number of rotatable bonds is 12. The van der Waals surface area contributed by atoms with Gasteiger partial charge in [0.1, 0.15) is 0 Å². The van der Waals surface area contributed by atoms with E-state index in [0.29, 0.717) is 29.2 Å². The Balaban J connectivity index is -0.000000148. The van der Waals surface area contributed by atoms with Gasteiger partial charge in [-0.1, -0.05) is 203 Å². The molecule has 2 fully saturated rings. The molecule has 0 aromatic carbocycles. The number of hydrogen-bond acceptors (Lipinski definition) is 4. The first-order valence-electron chi connectivity index (χ1n) is 22.6. The number of allylic oxidation sites excluding steroid dienone is 1. The van der Waals surface area contributed by atoms with Gasteiger partial charge in [0.2, 0.25) is 0 Å². The van der Waals surface area contributed by atoms with Crippen molar-refractivity contribution in [2.75, 3.05) is 6.54 Å². The Kier molecular flexibility index (Phi) is 44.1. The second-order valence-electron chi connectivity index (χ2n) is 18.4. The fourth-order valence-electron chi connectivity index (χ4n) is 5.32. The Morgan fingerprint density at radius 1 is 0.782 bits per heavy atom. The molecule has 4 atom stereocenters. The summed E-state index contributed by atoms with van der Waals surface area (Å²) in [4.78, 5) is 2.28. The summed E-state index contributed by atoms with van der Waals surface area (Å²) in [6.45, 7) is 67.7. The van der Waals surface area contributed by atoms with E-state index in [1.165, 1.54) is 51.4 Å². The molecule has 0 bridgehead atoms. The third-order valence-corrected chi connectivity index (χ3v) is 9.47. The molecule has 1 saturated carbocycles. The molecule has 0 spiro atoms. The summed E-state index contributed by atoms with van der Waals surface area (Å²) in [7, 11) is 0. The van der Waals surface area contributed by atoms with Crippen molar-refractivity contribution in [3.63, 3.8) is 0 Å². The maximum atomic E-state index is 5.14. The minimum absolute atomic E-state index is 0.223. The zero-order valence-electron chi connectivity index (χ0n) is 42.2. The van der Waals surface area contributed by atoms with Crippen molar-refractivity contribution in [1.82, 2.24) is 15.5 Å². The average Bonchev–Trinajstić information content (AvgIpc) is 3.49. The fourth-order valence-corrected chi connectivity index (χ4v) is 5.32. The van der Waals surface area contributed by atoms with Gasteiger partial charge in [-0.05, 0) is 85.3 Å². The molecular weight excluding hydrogens is 669 g/mol. The van der Waals surface area contributed by atoms with Crippen molar-refractivity contribution < 1.29 is 0 Å². The molecule has 4 N–H and O–H groups in total. The molecule has 1 saturated heterocycles. The van der Waals surface area contributed by atoms with Gasteiger partial charge in [-0.2, -0.15) is 0 Å². The number of nitrogens with two attached hydrogens (primary N) is 1. The standard InChI is InChI=1S/C19H40N2.C10H17N.C8H16.C5H9N.C3H8.3C2H6/c1-14(18(6,7)8)20-15(2)21-16(19(9,10)11)12-13-17(3,4)5;1-4-9-7-8-11(6-3)10(9)5-2;1-7(2)6-8-4-3-5-8;1-4(2)5(3)6;1-3-2;3*1-2/h14,16,20-21H,2,12-13H2,1,3-11H3;5-6,9-10H,2-4,7-8H2,1H3;7-8H,3-6H2,1-2H3;1,3,6H2,2H3;3H2,1-2H3;3*1-2H3/t;9-,10?;;;;;;/m.0....../s1. The van der Waals surface area contributed by atoms with Gasteiger partial charge in [-0.3, -0.25) is 0 Å². The van der Waals surface area contributed by atoms with Crippen LogP contribution in [0.5, 0.6) is 0 Å². The number of hydrogen-bond donors (Lipinski definition) is 3. The topological polar surface area (TPSA) is 53.3 Å².